The Kier molecular flexibility index (Phi) is 30.5. The second-order valence-corrected chi connectivity index (χ2v) is 3.32. The molecule has 0 amide bonds. The topological polar surface area (TPSA) is 241 Å². The fourth-order valence-corrected chi connectivity index (χ4v) is 0.779. The van der Waals surface area contributed by atoms with Crippen LogP contribution in [0.5, 0.6) is 0 Å². The molecule has 10 N–H and O–H groups in total. The van der Waals surface area contributed by atoms with E-state index in [1.165, 1.54) is 4.90 Å². The molecule has 134 valence electrons. The van der Waals surface area contributed by atoms with Gasteiger partial charge in [0.1, 0.15) is 0 Å². The minimum Gasteiger partial charge on any atom is -0.481 e. The zero-order valence-electron chi connectivity index (χ0n) is 12.3. The van der Waals surface area contributed by atoms with Crippen LogP contribution in [0.3, 0.4) is 0 Å². The first-order valence-corrected chi connectivity index (χ1v) is 5.27. The van der Waals surface area contributed by atoms with Crippen molar-refractivity contribution in [2.75, 3.05) is 26.2 Å². The Balaban J connectivity index is -0.0000000812. The zero-order chi connectivity index (χ0) is 16.7. The molecule has 0 aromatic carbocycles. The molecule has 0 fully saturated rings. The van der Waals surface area contributed by atoms with E-state index in [4.69, 9.17) is 35.7 Å². The molecule has 0 radical (unpaired) electrons. The van der Waals surface area contributed by atoms with Gasteiger partial charge in [-0.15, -0.1) is 0 Å². The lowest BCUT2D eigenvalue weighted by Crippen LogP contribution is -2.37. The van der Waals surface area contributed by atoms with Crippen molar-refractivity contribution in [3.63, 3.8) is 0 Å². The van der Waals surface area contributed by atoms with E-state index in [-0.39, 0.29) is 37.1 Å². The molecule has 0 spiro atoms. The van der Waals surface area contributed by atoms with Gasteiger partial charge in [0.15, 0.2) is 0 Å². The molecular formula is C10H24N2O10. The minimum atomic E-state index is -1.05. The number of rotatable bonds is 6. The summed E-state index contributed by atoms with van der Waals surface area (Å²) in [6, 6.07) is 0. The summed E-state index contributed by atoms with van der Waals surface area (Å²) in [6.07, 6.45) is 0. The van der Waals surface area contributed by atoms with Gasteiger partial charge in [0, 0.05) is 26.9 Å². The summed E-state index contributed by atoms with van der Waals surface area (Å²) in [4.78, 5) is 39.6. The Morgan fingerprint density at radius 1 is 0.818 bits per heavy atom. The van der Waals surface area contributed by atoms with E-state index < -0.39 is 23.9 Å². The van der Waals surface area contributed by atoms with E-state index in [1.54, 1.807) is 0 Å². The highest BCUT2D eigenvalue weighted by Gasteiger charge is 2.11. The van der Waals surface area contributed by atoms with Gasteiger partial charge in [-0.2, -0.15) is 0 Å². The van der Waals surface area contributed by atoms with E-state index in [9.17, 15) is 9.59 Å². The maximum absolute atomic E-state index is 10.2. The van der Waals surface area contributed by atoms with Crippen molar-refractivity contribution >= 4 is 23.9 Å². The zero-order valence-corrected chi connectivity index (χ0v) is 12.3. The number of carbonyl (C=O) groups is 4. The predicted molar refractivity (Wildman–Crippen MR) is 74.6 cm³/mol. The number of carboxylic acids is 4. The third kappa shape index (κ3) is 65.1. The maximum Gasteiger partial charge on any atom is 0.317 e. The van der Waals surface area contributed by atoms with Crippen LogP contribution in [0.4, 0.5) is 0 Å². The van der Waals surface area contributed by atoms with Crippen LogP contribution in [-0.2, 0) is 19.2 Å². The average molecular weight is 332 g/mol. The van der Waals surface area contributed by atoms with Crippen LogP contribution in [0.2, 0.25) is 0 Å². The number of hydrogen-bond acceptors (Lipinski definition) is 6. The molecule has 0 aliphatic carbocycles. The van der Waals surface area contributed by atoms with E-state index in [0.29, 0.717) is 0 Å². The molecule has 0 aromatic heterocycles. The second kappa shape index (κ2) is 21.0. The van der Waals surface area contributed by atoms with Gasteiger partial charge in [-0.1, -0.05) is 0 Å². The molecule has 0 saturated carbocycles. The quantitative estimate of drug-likeness (QED) is 0.328. The van der Waals surface area contributed by atoms with Crippen LogP contribution >= 0.6 is 0 Å². The smallest absolute Gasteiger partial charge is 0.317 e. The Morgan fingerprint density at radius 2 is 1.05 bits per heavy atom. The molecule has 0 bridgehead atoms. The lowest BCUT2D eigenvalue weighted by atomic mass is 10.4. The number of nitrogens with zero attached hydrogens (tertiary/aromatic N) is 1. The van der Waals surface area contributed by atoms with Gasteiger partial charge in [0.25, 0.3) is 11.9 Å². The number of hydrogen-bond donors (Lipinski definition) is 5. The van der Waals surface area contributed by atoms with Crippen molar-refractivity contribution in [1.29, 1.82) is 0 Å². The fraction of sp³-hybridized carbons (Fsp3) is 0.600. The summed E-state index contributed by atoms with van der Waals surface area (Å²) in [5, 5.41) is 31.5. The van der Waals surface area contributed by atoms with Crippen molar-refractivity contribution in [3.05, 3.63) is 0 Å². The highest BCUT2D eigenvalue weighted by atomic mass is 16.4. The standard InChI is InChI=1S/C6H12N2O4.2C2H4O2.2H2O/c7-1-2-8(3-5(9)10)4-6(11)12;2*1-2(3)4;;/h1-4,7H2,(H,9,10)(H,11,12);2*1H3,(H,3,4);2*1H2. The highest BCUT2D eigenvalue weighted by molar-refractivity contribution is 5.72. The van der Waals surface area contributed by atoms with Gasteiger partial charge in [0.05, 0.1) is 13.1 Å². The Bertz CT molecular complexity index is 285. The fourth-order valence-electron chi connectivity index (χ4n) is 0.779. The van der Waals surface area contributed by atoms with E-state index in [1.807, 2.05) is 0 Å². The number of carboxylic acid groups (broad SMARTS) is 4. The lowest BCUT2D eigenvalue weighted by molar-refractivity contribution is -0.142. The van der Waals surface area contributed by atoms with Crippen molar-refractivity contribution < 1.29 is 50.6 Å². The first-order chi connectivity index (χ1) is 9.02. The molecule has 0 saturated heterocycles. The molecule has 0 atom stereocenters. The van der Waals surface area contributed by atoms with Crippen molar-refractivity contribution in [2.45, 2.75) is 13.8 Å². The van der Waals surface area contributed by atoms with Crippen molar-refractivity contribution in [2.24, 2.45) is 5.73 Å². The largest absolute Gasteiger partial charge is 0.481 e. The molecule has 22 heavy (non-hydrogen) atoms. The molecule has 0 unspecified atom stereocenters. The Hall–Kier alpha value is -2.28. The SMILES string of the molecule is CC(=O)O.CC(=O)O.NCCN(CC(=O)O)CC(=O)O.O.O. The average Bonchev–Trinajstić information content (AvgIpc) is 2.13. The third-order valence-corrected chi connectivity index (χ3v) is 1.16. The second-order valence-electron chi connectivity index (χ2n) is 3.32. The van der Waals surface area contributed by atoms with E-state index in [2.05, 4.69) is 0 Å². The van der Waals surface area contributed by atoms with Crippen LogP contribution in [0.15, 0.2) is 0 Å². The summed E-state index contributed by atoms with van der Waals surface area (Å²) in [5.41, 5.74) is 5.15. The van der Waals surface area contributed by atoms with Gasteiger partial charge in [0.2, 0.25) is 0 Å². The minimum absolute atomic E-state index is 0. The molecule has 0 aliphatic heterocycles. The summed E-state index contributed by atoms with van der Waals surface area (Å²) in [7, 11) is 0. The van der Waals surface area contributed by atoms with Crippen molar-refractivity contribution in [3.8, 4) is 0 Å². The van der Waals surface area contributed by atoms with Crippen molar-refractivity contribution in [1.82, 2.24) is 4.90 Å². The van der Waals surface area contributed by atoms with Gasteiger partial charge >= 0.3 is 11.9 Å². The number of nitrogens with two attached hydrogens (primary N) is 1. The normalized spacial score (nSPS) is 7.82. The monoisotopic (exact) mass is 332 g/mol. The van der Waals surface area contributed by atoms with E-state index >= 15 is 0 Å². The van der Waals surface area contributed by atoms with Gasteiger partial charge in [-0.25, -0.2) is 0 Å². The molecule has 12 nitrogen and oxygen atoms in total. The van der Waals surface area contributed by atoms with E-state index in [0.717, 1.165) is 13.8 Å². The maximum atomic E-state index is 10.2. The summed E-state index contributed by atoms with van der Waals surface area (Å²) in [6.45, 7) is 2.12. The van der Waals surface area contributed by atoms with Crippen LogP contribution in [0, 0.1) is 0 Å². The predicted octanol–water partition coefficient (Wildman–Crippen LogP) is -3.05. The van der Waals surface area contributed by atoms with Crippen LogP contribution in [0.25, 0.3) is 0 Å². The Morgan fingerprint density at radius 3 is 1.18 bits per heavy atom. The summed E-state index contributed by atoms with van der Waals surface area (Å²) in [5.74, 6) is -3.77. The first kappa shape index (κ1) is 31.9. The summed E-state index contributed by atoms with van der Waals surface area (Å²) >= 11 is 0. The van der Waals surface area contributed by atoms with Gasteiger partial charge in [-0.3, -0.25) is 24.1 Å². The van der Waals surface area contributed by atoms with Gasteiger partial charge < -0.3 is 37.1 Å². The number of aliphatic carboxylic acids is 4. The van der Waals surface area contributed by atoms with Crippen LogP contribution < -0.4 is 5.73 Å². The molecule has 0 aliphatic rings. The highest BCUT2D eigenvalue weighted by Crippen LogP contribution is 1.86. The van der Waals surface area contributed by atoms with Gasteiger partial charge in [-0.05, 0) is 0 Å². The third-order valence-electron chi connectivity index (χ3n) is 1.16. The summed E-state index contributed by atoms with van der Waals surface area (Å²) < 4.78 is 0. The molecular weight excluding hydrogens is 308 g/mol. The molecule has 0 rings (SSSR count). The van der Waals surface area contributed by atoms with Crippen LogP contribution in [0.1, 0.15) is 13.8 Å². The molecule has 12 heteroatoms. The lowest BCUT2D eigenvalue weighted by Gasteiger charge is -2.15. The first-order valence-electron chi connectivity index (χ1n) is 5.27. The molecule has 0 heterocycles. The Labute approximate surface area is 126 Å². The van der Waals surface area contributed by atoms with Crippen LogP contribution in [-0.4, -0.2) is 86.3 Å². The molecule has 0 aromatic rings.